The van der Waals surface area contributed by atoms with Crippen LogP contribution in [0.25, 0.3) is 0 Å². The van der Waals surface area contributed by atoms with E-state index in [9.17, 15) is 0 Å². The standard InChI is InChI=1S/C12H26N2/c1-6-11-13(7-2)8-9-14(11)10-12(3,4)5/h11H,6-10H2,1-5H3. The molecule has 0 radical (unpaired) electrons. The van der Waals surface area contributed by atoms with Crippen LogP contribution in [0.5, 0.6) is 0 Å². The molecular formula is C12H26N2. The average Bonchev–Trinajstić information content (AvgIpc) is 2.43. The van der Waals surface area contributed by atoms with Gasteiger partial charge in [-0.05, 0) is 18.4 Å². The van der Waals surface area contributed by atoms with Crippen LogP contribution in [0.4, 0.5) is 0 Å². The van der Waals surface area contributed by atoms with Gasteiger partial charge >= 0.3 is 0 Å². The maximum atomic E-state index is 2.64. The Bertz CT molecular complexity index is 172. The van der Waals surface area contributed by atoms with E-state index in [0.717, 1.165) is 0 Å². The Morgan fingerprint density at radius 3 is 2.07 bits per heavy atom. The molecule has 1 unspecified atom stereocenters. The lowest BCUT2D eigenvalue weighted by Gasteiger charge is -2.33. The quantitative estimate of drug-likeness (QED) is 0.687. The molecule has 1 aliphatic rings. The summed E-state index contributed by atoms with van der Waals surface area (Å²) in [6.07, 6.45) is 1.95. The zero-order valence-electron chi connectivity index (χ0n) is 10.5. The molecule has 0 aromatic rings. The molecular weight excluding hydrogens is 172 g/mol. The second-order valence-corrected chi connectivity index (χ2v) is 5.55. The maximum Gasteiger partial charge on any atom is 0.0620 e. The van der Waals surface area contributed by atoms with E-state index in [-0.39, 0.29) is 0 Å². The summed E-state index contributed by atoms with van der Waals surface area (Å²) >= 11 is 0. The molecule has 1 heterocycles. The number of nitrogens with zero attached hydrogens (tertiary/aromatic N) is 2. The third-order valence-corrected chi connectivity index (χ3v) is 2.97. The second-order valence-electron chi connectivity index (χ2n) is 5.55. The molecule has 1 fully saturated rings. The van der Waals surface area contributed by atoms with Crippen molar-refractivity contribution in [1.29, 1.82) is 0 Å². The highest BCUT2D eigenvalue weighted by atomic mass is 15.4. The van der Waals surface area contributed by atoms with Crippen LogP contribution in [0.3, 0.4) is 0 Å². The fraction of sp³-hybridized carbons (Fsp3) is 1.00. The van der Waals surface area contributed by atoms with Crippen LogP contribution in [0.1, 0.15) is 41.0 Å². The summed E-state index contributed by atoms with van der Waals surface area (Å²) in [4.78, 5) is 5.23. The minimum absolute atomic E-state index is 0.428. The van der Waals surface area contributed by atoms with Gasteiger partial charge in [-0.1, -0.05) is 34.6 Å². The molecule has 0 bridgehead atoms. The van der Waals surface area contributed by atoms with Crippen molar-refractivity contribution in [3.8, 4) is 0 Å². The van der Waals surface area contributed by atoms with Gasteiger partial charge in [0, 0.05) is 19.6 Å². The van der Waals surface area contributed by atoms with Crippen LogP contribution < -0.4 is 0 Å². The fourth-order valence-electron chi connectivity index (χ4n) is 2.46. The van der Waals surface area contributed by atoms with Crippen molar-refractivity contribution in [2.45, 2.75) is 47.2 Å². The largest absolute Gasteiger partial charge is 0.287 e. The third-order valence-electron chi connectivity index (χ3n) is 2.97. The zero-order chi connectivity index (χ0) is 10.8. The van der Waals surface area contributed by atoms with Gasteiger partial charge in [0.25, 0.3) is 0 Å². The summed E-state index contributed by atoms with van der Waals surface area (Å²) in [6.45, 7) is 16.5. The molecule has 2 nitrogen and oxygen atoms in total. The van der Waals surface area contributed by atoms with Gasteiger partial charge in [0.05, 0.1) is 6.17 Å². The van der Waals surface area contributed by atoms with E-state index in [1.807, 2.05) is 0 Å². The molecule has 84 valence electrons. The topological polar surface area (TPSA) is 6.48 Å². The molecule has 1 rings (SSSR count). The number of rotatable bonds is 3. The van der Waals surface area contributed by atoms with Crippen LogP contribution in [-0.2, 0) is 0 Å². The summed E-state index contributed by atoms with van der Waals surface area (Å²) in [7, 11) is 0. The Kier molecular flexibility index (Phi) is 3.96. The number of likely N-dealkylation sites (N-methyl/N-ethyl adjacent to an activating group) is 1. The normalized spacial score (nSPS) is 25.9. The summed E-state index contributed by atoms with van der Waals surface area (Å²) in [6, 6.07) is 0. The van der Waals surface area contributed by atoms with Gasteiger partial charge in [0.15, 0.2) is 0 Å². The first-order valence-electron chi connectivity index (χ1n) is 5.96. The average molecular weight is 198 g/mol. The highest BCUT2D eigenvalue weighted by molar-refractivity contribution is 4.83. The smallest absolute Gasteiger partial charge is 0.0620 e. The summed E-state index contributed by atoms with van der Waals surface area (Å²) in [5, 5.41) is 0. The van der Waals surface area contributed by atoms with E-state index in [4.69, 9.17) is 0 Å². The molecule has 0 amide bonds. The molecule has 0 saturated carbocycles. The van der Waals surface area contributed by atoms with Crippen molar-refractivity contribution < 1.29 is 0 Å². The van der Waals surface area contributed by atoms with E-state index >= 15 is 0 Å². The number of hydrogen-bond acceptors (Lipinski definition) is 2. The van der Waals surface area contributed by atoms with Crippen molar-refractivity contribution in [3.63, 3.8) is 0 Å². The van der Waals surface area contributed by atoms with Crippen LogP contribution in [0.15, 0.2) is 0 Å². The van der Waals surface area contributed by atoms with E-state index in [1.165, 1.54) is 32.6 Å². The van der Waals surface area contributed by atoms with Gasteiger partial charge in [-0.25, -0.2) is 0 Å². The van der Waals surface area contributed by atoms with Gasteiger partial charge in [-0.15, -0.1) is 0 Å². The van der Waals surface area contributed by atoms with E-state index in [2.05, 4.69) is 44.4 Å². The number of hydrogen-bond donors (Lipinski definition) is 0. The van der Waals surface area contributed by atoms with Crippen LogP contribution in [0.2, 0.25) is 0 Å². The van der Waals surface area contributed by atoms with Gasteiger partial charge in [-0.3, -0.25) is 9.80 Å². The molecule has 0 N–H and O–H groups in total. The minimum atomic E-state index is 0.428. The van der Waals surface area contributed by atoms with Crippen LogP contribution >= 0.6 is 0 Å². The molecule has 14 heavy (non-hydrogen) atoms. The van der Waals surface area contributed by atoms with E-state index < -0.39 is 0 Å². The Hall–Kier alpha value is -0.0800. The highest BCUT2D eigenvalue weighted by Crippen LogP contribution is 2.23. The van der Waals surface area contributed by atoms with Crippen molar-refractivity contribution in [2.24, 2.45) is 5.41 Å². The lowest BCUT2D eigenvalue weighted by molar-refractivity contribution is 0.104. The monoisotopic (exact) mass is 198 g/mol. The third kappa shape index (κ3) is 2.96. The van der Waals surface area contributed by atoms with Crippen molar-refractivity contribution in [1.82, 2.24) is 9.80 Å². The Morgan fingerprint density at radius 2 is 1.64 bits per heavy atom. The first kappa shape index (κ1) is 12.0. The Balaban J connectivity index is 2.54. The molecule has 0 aromatic heterocycles. The SMILES string of the molecule is CCC1N(CC)CCN1CC(C)(C)C. The molecule has 2 heteroatoms. The predicted molar refractivity (Wildman–Crippen MR) is 62.4 cm³/mol. The molecule has 0 aromatic carbocycles. The minimum Gasteiger partial charge on any atom is -0.287 e. The first-order valence-corrected chi connectivity index (χ1v) is 5.96. The van der Waals surface area contributed by atoms with Crippen LogP contribution in [-0.4, -0.2) is 42.1 Å². The molecule has 1 atom stereocenters. The summed E-state index contributed by atoms with van der Waals surface area (Å²) in [5.74, 6) is 0. The lowest BCUT2D eigenvalue weighted by atomic mass is 9.96. The Labute approximate surface area is 89.3 Å². The van der Waals surface area contributed by atoms with Crippen LogP contribution in [0, 0.1) is 5.41 Å². The molecule has 1 aliphatic heterocycles. The fourth-order valence-corrected chi connectivity index (χ4v) is 2.46. The summed E-state index contributed by atoms with van der Waals surface area (Å²) in [5.41, 5.74) is 0.428. The van der Waals surface area contributed by atoms with Crippen molar-refractivity contribution >= 4 is 0 Å². The maximum absolute atomic E-state index is 2.64. The van der Waals surface area contributed by atoms with Crippen molar-refractivity contribution in [2.75, 3.05) is 26.2 Å². The van der Waals surface area contributed by atoms with E-state index in [0.29, 0.717) is 11.6 Å². The van der Waals surface area contributed by atoms with Gasteiger partial charge in [0.2, 0.25) is 0 Å². The van der Waals surface area contributed by atoms with Gasteiger partial charge in [0.1, 0.15) is 0 Å². The molecule has 0 spiro atoms. The van der Waals surface area contributed by atoms with Crippen molar-refractivity contribution in [3.05, 3.63) is 0 Å². The lowest BCUT2D eigenvalue weighted by Crippen LogP contribution is -2.41. The van der Waals surface area contributed by atoms with Gasteiger partial charge in [-0.2, -0.15) is 0 Å². The Morgan fingerprint density at radius 1 is 1.07 bits per heavy atom. The molecule has 0 aliphatic carbocycles. The zero-order valence-corrected chi connectivity index (χ0v) is 10.5. The predicted octanol–water partition coefficient (Wildman–Crippen LogP) is 2.41. The summed E-state index contributed by atoms with van der Waals surface area (Å²) < 4.78 is 0. The first-order chi connectivity index (χ1) is 6.48. The highest BCUT2D eigenvalue weighted by Gasteiger charge is 2.31. The molecule has 1 saturated heterocycles. The van der Waals surface area contributed by atoms with Gasteiger partial charge < -0.3 is 0 Å². The second kappa shape index (κ2) is 4.63. The van der Waals surface area contributed by atoms with E-state index in [1.54, 1.807) is 0 Å².